The molecule has 2 amide bonds. The van der Waals surface area contributed by atoms with Crippen molar-refractivity contribution in [3.8, 4) is 0 Å². The Balaban J connectivity index is 1.84. The van der Waals surface area contributed by atoms with Crippen LogP contribution in [-0.4, -0.2) is 43.3 Å². The van der Waals surface area contributed by atoms with Crippen molar-refractivity contribution in [1.82, 2.24) is 10.2 Å². The van der Waals surface area contributed by atoms with Crippen molar-refractivity contribution in [2.75, 3.05) is 10.8 Å². The highest BCUT2D eigenvalue weighted by atomic mass is 35.5. The van der Waals surface area contributed by atoms with E-state index in [0.29, 0.717) is 26.9 Å². The molecule has 0 radical (unpaired) electrons. The van der Waals surface area contributed by atoms with E-state index in [4.69, 9.17) is 23.2 Å². The van der Waals surface area contributed by atoms with E-state index in [9.17, 15) is 18.0 Å². The number of amides is 2. The molecule has 0 saturated carbocycles. The number of rotatable bonds is 11. The predicted octanol–water partition coefficient (Wildman–Crippen LogP) is 7.36. The molecule has 1 N–H and O–H groups in total. The van der Waals surface area contributed by atoms with Gasteiger partial charge >= 0.3 is 0 Å². The molecule has 0 aliphatic rings. The molecule has 0 aromatic heterocycles. The van der Waals surface area contributed by atoms with Crippen molar-refractivity contribution < 1.29 is 18.0 Å². The quantitative estimate of drug-likeness (QED) is 0.179. The van der Waals surface area contributed by atoms with Gasteiger partial charge in [0.2, 0.25) is 11.8 Å². The first-order chi connectivity index (χ1) is 21.7. The first-order valence-electron chi connectivity index (χ1n) is 14.9. The molecule has 4 aromatic rings. The van der Waals surface area contributed by atoms with E-state index < -0.39 is 34.1 Å². The molecule has 0 saturated heterocycles. The van der Waals surface area contributed by atoms with E-state index >= 15 is 0 Å². The van der Waals surface area contributed by atoms with E-state index in [1.54, 1.807) is 61.5 Å². The molecule has 46 heavy (non-hydrogen) atoms. The van der Waals surface area contributed by atoms with Gasteiger partial charge in [-0.25, -0.2) is 8.42 Å². The summed E-state index contributed by atoms with van der Waals surface area (Å²) in [6.07, 6.45) is 0.199. The molecule has 0 fully saturated rings. The minimum atomic E-state index is -4.19. The SMILES string of the molecule is Cc1ccc(S(=O)(=O)N(CC(=O)N(Cc2ccc(Cl)c(Cl)c2)[C@@H](Cc2ccccc2)C(=O)NC(C)(C)C)c2ccccc2C)cc1. The summed E-state index contributed by atoms with van der Waals surface area (Å²) >= 11 is 12.5. The third kappa shape index (κ3) is 8.90. The summed E-state index contributed by atoms with van der Waals surface area (Å²) in [7, 11) is -4.19. The average Bonchev–Trinajstić information content (AvgIpc) is 2.99. The Morgan fingerprint density at radius 1 is 0.804 bits per heavy atom. The maximum Gasteiger partial charge on any atom is 0.264 e. The van der Waals surface area contributed by atoms with Crippen LogP contribution in [0.1, 0.15) is 43.0 Å². The Bertz CT molecular complexity index is 1790. The zero-order valence-electron chi connectivity index (χ0n) is 26.6. The second-order valence-corrected chi connectivity index (χ2v) is 15.0. The van der Waals surface area contributed by atoms with Crippen LogP contribution in [0.5, 0.6) is 0 Å². The summed E-state index contributed by atoms with van der Waals surface area (Å²) in [5.74, 6) is -0.927. The summed E-state index contributed by atoms with van der Waals surface area (Å²) in [5.41, 5.74) is 2.82. The Labute approximate surface area is 282 Å². The number of nitrogens with zero attached hydrogens (tertiary/aromatic N) is 2. The van der Waals surface area contributed by atoms with Crippen LogP contribution in [0.3, 0.4) is 0 Å². The van der Waals surface area contributed by atoms with Gasteiger partial charge < -0.3 is 10.2 Å². The van der Waals surface area contributed by atoms with Crippen molar-refractivity contribution >= 4 is 50.7 Å². The molecule has 4 aromatic carbocycles. The minimum Gasteiger partial charge on any atom is -0.350 e. The van der Waals surface area contributed by atoms with Crippen molar-refractivity contribution in [2.24, 2.45) is 0 Å². The van der Waals surface area contributed by atoms with Gasteiger partial charge in [-0.2, -0.15) is 0 Å². The Hall–Kier alpha value is -3.85. The first kappa shape index (κ1) is 35.0. The number of nitrogens with one attached hydrogen (secondary N) is 1. The van der Waals surface area contributed by atoms with E-state index in [1.165, 1.54) is 17.0 Å². The number of sulfonamides is 1. The van der Waals surface area contributed by atoms with Crippen LogP contribution in [0, 0.1) is 13.8 Å². The number of hydrogen-bond acceptors (Lipinski definition) is 4. The average molecular weight is 681 g/mol. The third-order valence-electron chi connectivity index (χ3n) is 7.38. The fraction of sp³-hybridized carbons (Fsp3) is 0.278. The molecule has 10 heteroatoms. The zero-order chi connectivity index (χ0) is 33.6. The van der Waals surface area contributed by atoms with Crippen LogP contribution in [-0.2, 0) is 32.6 Å². The van der Waals surface area contributed by atoms with Crippen molar-refractivity contribution in [1.29, 1.82) is 0 Å². The van der Waals surface area contributed by atoms with Gasteiger partial charge in [-0.1, -0.05) is 95.5 Å². The second kappa shape index (κ2) is 14.7. The summed E-state index contributed by atoms with van der Waals surface area (Å²) in [6.45, 7) is 8.69. The fourth-order valence-electron chi connectivity index (χ4n) is 5.04. The van der Waals surface area contributed by atoms with Crippen molar-refractivity contribution in [3.63, 3.8) is 0 Å². The summed E-state index contributed by atoms with van der Waals surface area (Å²) in [4.78, 5) is 30.1. The van der Waals surface area contributed by atoms with Crippen LogP contribution in [0.25, 0.3) is 0 Å². The molecule has 0 unspecified atom stereocenters. The largest absolute Gasteiger partial charge is 0.350 e. The molecule has 0 spiro atoms. The maximum atomic E-state index is 14.6. The maximum absolute atomic E-state index is 14.6. The van der Waals surface area contributed by atoms with Gasteiger partial charge in [-0.05, 0) is 81.6 Å². The van der Waals surface area contributed by atoms with Crippen molar-refractivity contribution in [3.05, 3.63) is 129 Å². The number of hydrogen-bond donors (Lipinski definition) is 1. The second-order valence-electron chi connectivity index (χ2n) is 12.3. The molecule has 242 valence electrons. The number of para-hydroxylation sites is 1. The lowest BCUT2D eigenvalue weighted by Crippen LogP contribution is -2.56. The highest BCUT2D eigenvalue weighted by molar-refractivity contribution is 7.92. The van der Waals surface area contributed by atoms with E-state index in [2.05, 4.69) is 5.32 Å². The third-order valence-corrected chi connectivity index (χ3v) is 9.89. The Morgan fingerprint density at radius 3 is 2.04 bits per heavy atom. The molecule has 7 nitrogen and oxygen atoms in total. The molecule has 0 aliphatic heterocycles. The van der Waals surface area contributed by atoms with Crippen molar-refractivity contribution in [2.45, 2.75) is 64.1 Å². The predicted molar refractivity (Wildman–Crippen MR) is 186 cm³/mol. The van der Waals surface area contributed by atoms with E-state index in [0.717, 1.165) is 15.4 Å². The fourth-order valence-corrected chi connectivity index (χ4v) is 6.83. The lowest BCUT2D eigenvalue weighted by Gasteiger charge is -2.35. The van der Waals surface area contributed by atoms with Gasteiger partial charge in [-0.3, -0.25) is 13.9 Å². The normalized spacial score (nSPS) is 12.3. The van der Waals surface area contributed by atoms with Gasteiger partial charge in [0.1, 0.15) is 12.6 Å². The Morgan fingerprint density at radius 2 is 1.43 bits per heavy atom. The van der Waals surface area contributed by atoms with Gasteiger partial charge in [0.25, 0.3) is 10.0 Å². The number of halogens is 2. The number of carbonyl (C=O) groups is 2. The highest BCUT2D eigenvalue weighted by Crippen LogP contribution is 2.29. The van der Waals surface area contributed by atoms with Gasteiger partial charge in [-0.15, -0.1) is 0 Å². The van der Waals surface area contributed by atoms with Gasteiger partial charge in [0.15, 0.2) is 0 Å². The van der Waals surface area contributed by atoms with Crippen LogP contribution < -0.4 is 9.62 Å². The first-order valence-corrected chi connectivity index (χ1v) is 17.1. The van der Waals surface area contributed by atoms with Crippen LogP contribution in [0.2, 0.25) is 10.0 Å². The van der Waals surface area contributed by atoms with E-state index in [-0.39, 0.29) is 23.8 Å². The highest BCUT2D eigenvalue weighted by Gasteiger charge is 2.36. The molecule has 0 bridgehead atoms. The van der Waals surface area contributed by atoms with Gasteiger partial charge in [0.05, 0.1) is 20.6 Å². The molecule has 0 heterocycles. The molecular weight excluding hydrogens is 641 g/mol. The lowest BCUT2D eigenvalue weighted by molar-refractivity contribution is -0.140. The lowest BCUT2D eigenvalue weighted by atomic mass is 10.0. The minimum absolute atomic E-state index is 0.0169. The van der Waals surface area contributed by atoms with Crippen LogP contribution in [0.4, 0.5) is 5.69 Å². The summed E-state index contributed by atoms with van der Waals surface area (Å²) in [6, 6.07) is 26.9. The zero-order valence-corrected chi connectivity index (χ0v) is 29.0. The molecule has 0 aliphatic carbocycles. The number of aryl methyl sites for hydroxylation is 2. The van der Waals surface area contributed by atoms with Crippen LogP contribution in [0.15, 0.2) is 102 Å². The monoisotopic (exact) mass is 679 g/mol. The molecular formula is C36H39Cl2N3O4S. The number of anilines is 1. The number of carbonyl (C=O) groups excluding carboxylic acids is 2. The smallest absolute Gasteiger partial charge is 0.264 e. The summed E-state index contributed by atoms with van der Waals surface area (Å²) < 4.78 is 29.6. The molecule has 1 atom stereocenters. The molecule has 4 rings (SSSR count). The topological polar surface area (TPSA) is 86.8 Å². The Kier molecular flexibility index (Phi) is 11.2. The van der Waals surface area contributed by atoms with E-state index in [1.807, 2.05) is 58.0 Å². The summed E-state index contributed by atoms with van der Waals surface area (Å²) in [5, 5.41) is 3.68. The number of benzene rings is 4. The van der Waals surface area contributed by atoms with Crippen LogP contribution >= 0.6 is 23.2 Å². The standard InChI is InChI=1S/C36H39Cl2N3O4S/c1-25-15-18-29(19-16-25)46(44,45)41(32-14-10-9-11-26(32)2)24-34(42)40(23-28-17-20-30(37)31(38)21-28)33(35(43)39-36(3,4)5)22-27-12-7-6-8-13-27/h6-21,33H,22-24H2,1-5H3,(H,39,43)/t33-/m0/s1. The van der Waals surface area contributed by atoms with Gasteiger partial charge in [0, 0.05) is 18.5 Å².